The van der Waals surface area contributed by atoms with Gasteiger partial charge in [-0.05, 0) is 106 Å². The molecule has 1 fully saturated rings. The smallest absolute Gasteiger partial charge is 0.150 e. The van der Waals surface area contributed by atoms with Crippen molar-refractivity contribution in [1.82, 2.24) is 0 Å². The van der Waals surface area contributed by atoms with Crippen LogP contribution in [0.3, 0.4) is 0 Å². The molecule has 1 saturated carbocycles. The number of hydrogen-bond donors (Lipinski definition) is 0. The van der Waals surface area contributed by atoms with Crippen LogP contribution in [0.2, 0.25) is 0 Å². The number of fused-ring (bicyclic) bond motifs is 2. The Balaban J connectivity index is 1.13. The van der Waals surface area contributed by atoms with E-state index in [0.717, 1.165) is 70.0 Å². The summed E-state index contributed by atoms with van der Waals surface area (Å²) in [5.41, 5.74) is 3.90. The van der Waals surface area contributed by atoms with Crippen LogP contribution in [-0.4, -0.2) is 12.6 Å². The van der Waals surface area contributed by atoms with Gasteiger partial charge in [0.05, 0.1) is 0 Å². The fourth-order valence-corrected chi connectivity index (χ4v) is 6.97. The molecule has 0 saturated heterocycles. The van der Waals surface area contributed by atoms with Crippen LogP contribution in [0.5, 0.6) is 23.0 Å². The van der Waals surface area contributed by atoms with E-state index in [1.807, 2.05) is 72.8 Å². The van der Waals surface area contributed by atoms with Gasteiger partial charge in [0.15, 0.2) is 0 Å². The third-order valence-corrected chi connectivity index (χ3v) is 9.44. The molecule has 7 rings (SSSR count). The molecule has 228 valence electrons. The lowest BCUT2D eigenvalue weighted by Crippen LogP contribution is -2.28. The third kappa shape index (κ3) is 6.16. The first-order valence-corrected chi connectivity index (χ1v) is 16.2. The molecule has 0 aliphatic heterocycles. The van der Waals surface area contributed by atoms with Crippen molar-refractivity contribution >= 4 is 34.1 Å². The molecule has 6 aromatic rings. The minimum absolute atomic E-state index is 0.0735. The zero-order valence-corrected chi connectivity index (χ0v) is 25.8. The second kappa shape index (κ2) is 13.0. The average Bonchev–Trinajstić information content (AvgIpc) is 3.09. The summed E-state index contributed by atoms with van der Waals surface area (Å²) in [6, 6.07) is 40.6. The second-order valence-electron chi connectivity index (χ2n) is 12.4. The monoisotopic (exact) mass is 604 g/mol. The van der Waals surface area contributed by atoms with Gasteiger partial charge in [-0.3, -0.25) is 9.59 Å². The van der Waals surface area contributed by atoms with Gasteiger partial charge in [0, 0.05) is 16.5 Å². The normalized spacial score (nSPS) is 14.7. The number of hydrogen-bond acceptors (Lipinski definition) is 4. The predicted molar refractivity (Wildman–Crippen MR) is 185 cm³/mol. The first kappa shape index (κ1) is 29.5. The van der Waals surface area contributed by atoms with Crippen molar-refractivity contribution in [2.75, 3.05) is 0 Å². The SMILES string of the molecule is O=Cc1ccc2cc(Oc3ccc(C4(c5ccc(Oc6ccc7cc(C=O)ccc7c6)cc5)CCCCCCC4)cc3)ccc2c1. The summed E-state index contributed by atoms with van der Waals surface area (Å²) < 4.78 is 12.6. The molecule has 0 unspecified atom stereocenters. The summed E-state index contributed by atoms with van der Waals surface area (Å²) in [5.74, 6) is 3.14. The third-order valence-electron chi connectivity index (χ3n) is 9.44. The molecule has 0 radical (unpaired) electrons. The van der Waals surface area contributed by atoms with Crippen LogP contribution in [-0.2, 0) is 5.41 Å². The summed E-state index contributed by atoms with van der Waals surface area (Å²) in [4.78, 5) is 22.3. The highest BCUT2D eigenvalue weighted by molar-refractivity contribution is 5.90. The van der Waals surface area contributed by atoms with Gasteiger partial charge in [0.25, 0.3) is 0 Å². The zero-order chi connectivity index (χ0) is 31.3. The zero-order valence-electron chi connectivity index (χ0n) is 25.8. The van der Waals surface area contributed by atoms with Crippen molar-refractivity contribution < 1.29 is 19.1 Å². The molecule has 0 spiro atoms. The molecule has 0 aromatic heterocycles. The summed E-state index contributed by atoms with van der Waals surface area (Å²) in [6.07, 6.45) is 10.2. The Bertz CT molecular complexity index is 1860. The second-order valence-corrected chi connectivity index (χ2v) is 12.4. The molecule has 0 bridgehead atoms. The van der Waals surface area contributed by atoms with Gasteiger partial charge in [0.2, 0.25) is 0 Å². The molecule has 0 atom stereocenters. The highest BCUT2D eigenvalue weighted by Gasteiger charge is 2.34. The van der Waals surface area contributed by atoms with E-state index in [0.29, 0.717) is 11.1 Å². The van der Waals surface area contributed by atoms with Gasteiger partial charge in [-0.2, -0.15) is 0 Å². The van der Waals surface area contributed by atoms with Crippen molar-refractivity contribution in [3.05, 3.63) is 144 Å². The fourth-order valence-electron chi connectivity index (χ4n) is 6.97. The lowest BCUT2D eigenvalue weighted by Gasteiger charge is -2.37. The number of carbonyl (C=O) groups excluding carboxylic acids is 2. The number of carbonyl (C=O) groups is 2. The first-order chi connectivity index (χ1) is 22.6. The Morgan fingerprint density at radius 2 is 0.783 bits per heavy atom. The Hall–Kier alpha value is -5.22. The van der Waals surface area contributed by atoms with Gasteiger partial charge < -0.3 is 9.47 Å². The maximum atomic E-state index is 11.1. The van der Waals surface area contributed by atoms with E-state index in [1.165, 1.54) is 43.2 Å². The molecule has 6 aromatic carbocycles. The van der Waals surface area contributed by atoms with E-state index >= 15 is 0 Å². The lowest BCUT2D eigenvalue weighted by molar-refractivity contribution is 0.111. The molecule has 4 heteroatoms. The predicted octanol–water partition coefficient (Wildman–Crippen LogP) is 11.2. The van der Waals surface area contributed by atoms with Gasteiger partial charge in [0.1, 0.15) is 35.6 Å². The molecule has 1 aliphatic carbocycles. The van der Waals surface area contributed by atoms with Crippen molar-refractivity contribution in [3.63, 3.8) is 0 Å². The minimum Gasteiger partial charge on any atom is -0.457 e. The van der Waals surface area contributed by atoms with Crippen molar-refractivity contribution in [2.45, 2.75) is 50.4 Å². The number of ether oxygens (including phenoxy) is 2. The van der Waals surface area contributed by atoms with E-state index in [4.69, 9.17) is 9.47 Å². The van der Waals surface area contributed by atoms with E-state index in [9.17, 15) is 9.59 Å². The van der Waals surface area contributed by atoms with Crippen LogP contribution in [0.1, 0.15) is 76.8 Å². The summed E-state index contributed by atoms with van der Waals surface area (Å²) in [5, 5.41) is 4.10. The van der Waals surface area contributed by atoms with E-state index in [1.54, 1.807) is 0 Å². The highest BCUT2D eigenvalue weighted by atomic mass is 16.5. The molecule has 46 heavy (non-hydrogen) atoms. The number of aldehydes is 2. The Morgan fingerprint density at radius 1 is 0.413 bits per heavy atom. The highest BCUT2D eigenvalue weighted by Crippen LogP contribution is 2.44. The topological polar surface area (TPSA) is 52.6 Å². The molecule has 0 amide bonds. The first-order valence-electron chi connectivity index (χ1n) is 16.2. The summed E-state index contributed by atoms with van der Waals surface area (Å²) in [7, 11) is 0. The van der Waals surface area contributed by atoms with E-state index in [-0.39, 0.29) is 5.41 Å². The van der Waals surface area contributed by atoms with E-state index < -0.39 is 0 Å². The molecule has 0 heterocycles. The van der Waals surface area contributed by atoms with Crippen LogP contribution >= 0.6 is 0 Å². The van der Waals surface area contributed by atoms with Gasteiger partial charge >= 0.3 is 0 Å². The lowest BCUT2D eigenvalue weighted by atomic mass is 9.67. The number of rotatable bonds is 8. The standard InChI is InChI=1S/C42H36O4/c43-28-30-6-8-34-26-40(16-10-32(34)24-30)45-38-18-12-36(13-19-38)42(22-4-2-1-3-5-23-42)37-14-20-39(21-15-37)46-41-17-11-33-25-31(29-44)7-9-35(33)27-41/h6-21,24-29H,1-5,22-23H2. The largest absolute Gasteiger partial charge is 0.457 e. The number of benzene rings is 6. The van der Waals surface area contributed by atoms with Crippen LogP contribution in [0.15, 0.2) is 121 Å². The van der Waals surface area contributed by atoms with E-state index in [2.05, 4.69) is 48.5 Å². The van der Waals surface area contributed by atoms with Gasteiger partial charge in [-0.1, -0.05) is 92.8 Å². The molecular weight excluding hydrogens is 568 g/mol. The van der Waals surface area contributed by atoms with Crippen LogP contribution in [0.4, 0.5) is 0 Å². The van der Waals surface area contributed by atoms with Gasteiger partial charge in [-0.15, -0.1) is 0 Å². The molecule has 1 aliphatic rings. The molecule has 4 nitrogen and oxygen atoms in total. The van der Waals surface area contributed by atoms with Crippen LogP contribution < -0.4 is 9.47 Å². The fraction of sp³-hybridized carbons (Fsp3) is 0.190. The molecule has 0 N–H and O–H groups in total. The molecular formula is C42H36O4. The Kier molecular flexibility index (Phi) is 8.35. The van der Waals surface area contributed by atoms with Crippen molar-refractivity contribution in [1.29, 1.82) is 0 Å². The Morgan fingerprint density at radius 3 is 1.22 bits per heavy atom. The minimum atomic E-state index is -0.0735. The summed E-state index contributed by atoms with van der Waals surface area (Å²) >= 11 is 0. The average molecular weight is 605 g/mol. The van der Waals surface area contributed by atoms with Gasteiger partial charge in [-0.25, -0.2) is 0 Å². The Labute approximate surface area is 269 Å². The quantitative estimate of drug-likeness (QED) is 0.162. The van der Waals surface area contributed by atoms with Crippen LogP contribution in [0.25, 0.3) is 21.5 Å². The maximum Gasteiger partial charge on any atom is 0.150 e. The van der Waals surface area contributed by atoms with Crippen molar-refractivity contribution in [3.8, 4) is 23.0 Å². The summed E-state index contributed by atoms with van der Waals surface area (Å²) in [6.45, 7) is 0. The maximum absolute atomic E-state index is 11.1. The van der Waals surface area contributed by atoms with Crippen LogP contribution in [0, 0.1) is 0 Å². The van der Waals surface area contributed by atoms with Crippen molar-refractivity contribution in [2.24, 2.45) is 0 Å².